The summed E-state index contributed by atoms with van der Waals surface area (Å²) in [4.78, 5) is 15.8. The third-order valence-electron chi connectivity index (χ3n) is 3.94. The van der Waals surface area contributed by atoms with Crippen LogP contribution in [-0.4, -0.2) is 58.0 Å². The van der Waals surface area contributed by atoms with Gasteiger partial charge >= 0.3 is 0 Å². The smallest absolute Gasteiger partial charge is 0.251 e. The Morgan fingerprint density at radius 1 is 1.15 bits per heavy atom. The fourth-order valence-corrected chi connectivity index (χ4v) is 3.15. The molecule has 26 heavy (non-hydrogen) atoms. The van der Waals surface area contributed by atoms with Gasteiger partial charge in [0, 0.05) is 32.7 Å². The van der Waals surface area contributed by atoms with Gasteiger partial charge in [-0.15, -0.1) is 0 Å². The molecule has 1 aromatic carbocycles. The average molecular weight is 383 g/mol. The maximum absolute atomic E-state index is 12.1. The third kappa shape index (κ3) is 6.67. The lowest BCUT2D eigenvalue weighted by Crippen LogP contribution is -2.42. The highest BCUT2D eigenvalue weighted by Gasteiger charge is 2.28. The molecule has 0 aliphatic rings. The van der Waals surface area contributed by atoms with E-state index in [2.05, 4.69) is 20.9 Å². The number of nitrogens with one attached hydrogen (secondary N) is 3. The Balaban J connectivity index is 2.47. The Hall–Kier alpha value is -2.09. The third-order valence-corrected chi connectivity index (χ3v) is 6.55. The van der Waals surface area contributed by atoms with Crippen LogP contribution in [-0.2, 0) is 16.3 Å². The van der Waals surface area contributed by atoms with Crippen LogP contribution in [0.25, 0.3) is 0 Å². The predicted octanol–water partition coefficient (Wildman–Crippen LogP) is 0.967. The van der Waals surface area contributed by atoms with Crippen LogP contribution in [0.4, 0.5) is 0 Å². The normalized spacial score (nSPS) is 12.6. The second-order valence-electron chi connectivity index (χ2n) is 6.89. The first-order chi connectivity index (χ1) is 12.1. The van der Waals surface area contributed by atoms with Crippen molar-refractivity contribution in [2.75, 3.05) is 32.9 Å². The van der Waals surface area contributed by atoms with E-state index in [9.17, 15) is 13.2 Å². The maximum atomic E-state index is 12.1. The Kier molecular flexibility index (Phi) is 8.08. The number of nitrogens with zero attached hydrogens (tertiary/aromatic N) is 1. The lowest BCUT2D eigenvalue weighted by atomic mass is 10.1. The molecule has 1 aromatic rings. The maximum Gasteiger partial charge on any atom is 0.251 e. The van der Waals surface area contributed by atoms with E-state index in [1.165, 1.54) is 0 Å². The zero-order valence-electron chi connectivity index (χ0n) is 16.2. The van der Waals surface area contributed by atoms with Gasteiger partial charge in [-0.1, -0.05) is 12.1 Å². The molecule has 0 radical (unpaired) electrons. The first-order valence-corrected chi connectivity index (χ1v) is 10.2. The van der Waals surface area contributed by atoms with Crippen molar-refractivity contribution < 1.29 is 13.2 Å². The van der Waals surface area contributed by atoms with E-state index in [1.54, 1.807) is 40.9 Å². The number of hydrogen-bond donors (Lipinski definition) is 3. The molecule has 0 bridgehead atoms. The second-order valence-corrected chi connectivity index (χ2v) is 9.75. The van der Waals surface area contributed by atoms with Crippen LogP contribution in [0.5, 0.6) is 0 Å². The summed E-state index contributed by atoms with van der Waals surface area (Å²) in [6.07, 6.45) is 0.714. The fourth-order valence-electron chi connectivity index (χ4n) is 2.17. The minimum absolute atomic E-state index is 0.0470. The van der Waals surface area contributed by atoms with E-state index >= 15 is 0 Å². The Morgan fingerprint density at radius 3 is 2.38 bits per heavy atom. The number of carbonyl (C=O) groups excluding carboxylic acids is 1. The molecule has 7 nitrogen and oxygen atoms in total. The number of benzene rings is 1. The van der Waals surface area contributed by atoms with Gasteiger partial charge in [-0.2, -0.15) is 0 Å². The van der Waals surface area contributed by atoms with Gasteiger partial charge in [0.05, 0.1) is 10.5 Å². The summed E-state index contributed by atoms with van der Waals surface area (Å²) in [7, 11) is 0.0782. The molecule has 0 unspecified atom stereocenters. The van der Waals surface area contributed by atoms with Gasteiger partial charge < -0.3 is 16.0 Å². The van der Waals surface area contributed by atoms with Crippen molar-refractivity contribution in [1.29, 1.82) is 0 Å². The SMILES string of the molecule is CN=C(NCCc1cccc(C(=O)NC)c1)NCCS(=O)(=O)C(C)(C)C. The minimum atomic E-state index is -3.16. The molecule has 0 spiro atoms. The highest BCUT2D eigenvalue weighted by atomic mass is 32.2. The molecule has 1 rings (SSSR count). The number of carbonyl (C=O) groups is 1. The van der Waals surface area contributed by atoms with E-state index in [1.807, 2.05) is 18.2 Å². The first-order valence-electron chi connectivity index (χ1n) is 8.58. The highest BCUT2D eigenvalue weighted by molar-refractivity contribution is 7.92. The molecule has 0 saturated carbocycles. The van der Waals surface area contributed by atoms with Gasteiger partial charge in [0.2, 0.25) is 0 Å². The Bertz CT molecular complexity index is 737. The van der Waals surface area contributed by atoms with E-state index in [0.29, 0.717) is 31.0 Å². The van der Waals surface area contributed by atoms with Gasteiger partial charge in [-0.3, -0.25) is 9.79 Å². The van der Waals surface area contributed by atoms with Crippen molar-refractivity contribution in [1.82, 2.24) is 16.0 Å². The van der Waals surface area contributed by atoms with Crippen LogP contribution in [0, 0.1) is 0 Å². The molecule has 0 aliphatic heterocycles. The van der Waals surface area contributed by atoms with Crippen molar-refractivity contribution >= 4 is 21.7 Å². The summed E-state index contributed by atoms with van der Waals surface area (Å²) in [6.45, 7) is 6.00. The van der Waals surface area contributed by atoms with E-state index in [4.69, 9.17) is 0 Å². The topological polar surface area (TPSA) is 99.7 Å². The highest BCUT2D eigenvalue weighted by Crippen LogP contribution is 2.15. The van der Waals surface area contributed by atoms with Crippen molar-refractivity contribution in [2.24, 2.45) is 4.99 Å². The molecule has 0 aliphatic carbocycles. The number of guanidine groups is 1. The number of sulfone groups is 1. The molecule has 0 aromatic heterocycles. The zero-order chi connectivity index (χ0) is 19.8. The molecule has 8 heteroatoms. The largest absolute Gasteiger partial charge is 0.356 e. The van der Waals surface area contributed by atoms with Crippen molar-refractivity contribution in [3.63, 3.8) is 0 Å². The number of rotatable bonds is 7. The van der Waals surface area contributed by atoms with Crippen LogP contribution >= 0.6 is 0 Å². The van der Waals surface area contributed by atoms with Crippen LogP contribution in [0.1, 0.15) is 36.7 Å². The average Bonchev–Trinajstić information content (AvgIpc) is 2.58. The van der Waals surface area contributed by atoms with Gasteiger partial charge in [-0.05, 0) is 44.9 Å². The van der Waals surface area contributed by atoms with Gasteiger partial charge in [0.25, 0.3) is 5.91 Å². The monoisotopic (exact) mass is 382 g/mol. The molecule has 0 saturated heterocycles. The summed E-state index contributed by atoms with van der Waals surface area (Å²) >= 11 is 0. The van der Waals surface area contributed by atoms with Crippen molar-refractivity contribution in [3.8, 4) is 0 Å². The van der Waals surface area contributed by atoms with Crippen LogP contribution in [0.3, 0.4) is 0 Å². The first kappa shape index (κ1) is 22.0. The summed E-state index contributed by atoms with van der Waals surface area (Å²) in [5.41, 5.74) is 1.66. The summed E-state index contributed by atoms with van der Waals surface area (Å²) in [5.74, 6) is 0.486. The van der Waals surface area contributed by atoms with Crippen LogP contribution < -0.4 is 16.0 Å². The number of amides is 1. The van der Waals surface area contributed by atoms with Crippen LogP contribution in [0.2, 0.25) is 0 Å². The lowest BCUT2D eigenvalue weighted by molar-refractivity contribution is 0.0963. The van der Waals surface area contributed by atoms with Gasteiger partial charge in [0.15, 0.2) is 15.8 Å². The van der Waals surface area contributed by atoms with Crippen LogP contribution in [0.15, 0.2) is 29.3 Å². The molecule has 146 valence electrons. The quantitative estimate of drug-likeness (QED) is 0.482. The summed E-state index contributed by atoms with van der Waals surface area (Å²) in [5, 5.41) is 8.77. The summed E-state index contributed by atoms with van der Waals surface area (Å²) in [6, 6.07) is 7.43. The lowest BCUT2D eigenvalue weighted by Gasteiger charge is -2.19. The molecule has 3 N–H and O–H groups in total. The van der Waals surface area contributed by atoms with E-state index in [0.717, 1.165) is 5.56 Å². The Labute approximate surface area is 156 Å². The number of hydrogen-bond acceptors (Lipinski definition) is 4. The van der Waals surface area contributed by atoms with Gasteiger partial charge in [0.1, 0.15) is 0 Å². The minimum Gasteiger partial charge on any atom is -0.356 e. The van der Waals surface area contributed by atoms with Crippen molar-refractivity contribution in [3.05, 3.63) is 35.4 Å². The van der Waals surface area contributed by atoms with Crippen molar-refractivity contribution in [2.45, 2.75) is 31.9 Å². The zero-order valence-corrected chi connectivity index (χ0v) is 17.0. The standard InChI is InChI=1S/C18H30N4O3S/c1-18(2,3)26(24,25)12-11-22-17(20-5)21-10-9-14-7-6-8-15(13-14)16(23)19-4/h6-8,13H,9-12H2,1-5H3,(H,19,23)(H2,20,21,22). The van der Waals surface area contributed by atoms with E-state index in [-0.39, 0.29) is 11.7 Å². The fraction of sp³-hybridized carbons (Fsp3) is 0.556. The van der Waals surface area contributed by atoms with E-state index < -0.39 is 14.6 Å². The van der Waals surface area contributed by atoms with Gasteiger partial charge in [-0.25, -0.2) is 8.42 Å². The molecule has 0 heterocycles. The molecule has 1 amide bonds. The Morgan fingerprint density at radius 2 is 1.81 bits per heavy atom. The molecule has 0 atom stereocenters. The second kappa shape index (κ2) is 9.56. The summed E-state index contributed by atoms with van der Waals surface area (Å²) < 4.78 is 23.4. The predicted molar refractivity (Wildman–Crippen MR) is 106 cm³/mol. The molecular formula is C18H30N4O3S. The molecule has 0 fully saturated rings. The number of aliphatic imine (C=N–C) groups is 1. The molecular weight excluding hydrogens is 352 g/mol.